The van der Waals surface area contributed by atoms with Gasteiger partial charge in [0.1, 0.15) is 0 Å². The fourth-order valence-corrected chi connectivity index (χ4v) is 0.739. The largest absolute Gasteiger partial charge is 0.480 e. The molecule has 3 nitrogen and oxygen atoms in total. The minimum Gasteiger partial charge on any atom is -0.480 e. The Morgan fingerprint density at radius 3 is 2.50 bits per heavy atom. The standard InChI is InChI=1S/C9H11NO2/c1-7-3-5-9(6-4-7)10-12-8(2)11/h3-6,10-11H,2H2,1H3. The lowest BCUT2D eigenvalue weighted by molar-refractivity contribution is 0.136. The number of benzene rings is 1. The van der Waals surface area contributed by atoms with E-state index in [0.717, 1.165) is 5.69 Å². The van der Waals surface area contributed by atoms with Gasteiger partial charge in [0.05, 0.1) is 5.69 Å². The molecule has 0 aliphatic carbocycles. The molecule has 0 amide bonds. The molecule has 0 aliphatic rings. The molecule has 0 saturated carbocycles. The Hall–Kier alpha value is -1.64. The highest BCUT2D eigenvalue weighted by Gasteiger charge is 1.91. The van der Waals surface area contributed by atoms with Crippen molar-refractivity contribution in [2.75, 3.05) is 5.48 Å². The van der Waals surface area contributed by atoms with Crippen molar-refractivity contribution >= 4 is 5.69 Å². The van der Waals surface area contributed by atoms with Gasteiger partial charge in [-0.25, -0.2) is 5.48 Å². The topological polar surface area (TPSA) is 41.5 Å². The zero-order chi connectivity index (χ0) is 8.97. The summed E-state index contributed by atoms with van der Waals surface area (Å²) >= 11 is 0. The number of hydrogen-bond donors (Lipinski definition) is 2. The lowest BCUT2D eigenvalue weighted by Crippen LogP contribution is -1.99. The van der Waals surface area contributed by atoms with E-state index in [1.165, 1.54) is 5.56 Å². The molecule has 1 aromatic carbocycles. The van der Waals surface area contributed by atoms with Crippen LogP contribution in [0.5, 0.6) is 0 Å². The van der Waals surface area contributed by atoms with E-state index in [4.69, 9.17) is 5.11 Å². The predicted molar refractivity (Wildman–Crippen MR) is 47.7 cm³/mol. The van der Waals surface area contributed by atoms with Crippen LogP contribution in [0.25, 0.3) is 0 Å². The van der Waals surface area contributed by atoms with E-state index in [-0.39, 0.29) is 5.95 Å². The Morgan fingerprint density at radius 2 is 2.00 bits per heavy atom. The second kappa shape index (κ2) is 3.67. The molecule has 0 radical (unpaired) electrons. The molecule has 0 atom stereocenters. The molecule has 0 unspecified atom stereocenters. The summed E-state index contributed by atoms with van der Waals surface area (Å²) < 4.78 is 0. The zero-order valence-electron chi connectivity index (χ0n) is 6.87. The van der Waals surface area contributed by atoms with Gasteiger partial charge in [-0.2, -0.15) is 0 Å². The van der Waals surface area contributed by atoms with Gasteiger partial charge in [-0.05, 0) is 25.6 Å². The summed E-state index contributed by atoms with van der Waals surface area (Å²) in [7, 11) is 0. The number of aliphatic hydroxyl groups excluding tert-OH is 1. The Morgan fingerprint density at radius 1 is 1.42 bits per heavy atom. The third-order valence-electron chi connectivity index (χ3n) is 1.34. The molecule has 1 aromatic rings. The lowest BCUT2D eigenvalue weighted by atomic mass is 10.2. The summed E-state index contributed by atoms with van der Waals surface area (Å²) in [5.41, 5.74) is 4.47. The fourth-order valence-electron chi connectivity index (χ4n) is 0.739. The van der Waals surface area contributed by atoms with Crippen molar-refractivity contribution in [2.45, 2.75) is 6.92 Å². The Bertz CT molecular complexity index is 266. The monoisotopic (exact) mass is 165 g/mol. The van der Waals surface area contributed by atoms with Gasteiger partial charge in [0.15, 0.2) is 0 Å². The minimum atomic E-state index is -0.351. The van der Waals surface area contributed by atoms with E-state index in [9.17, 15) is 0 Å². The van der Waals surface area contributed by atoms with Crippen molar-refractivity contribution in [3.05, 3.63) is 42.4 Å². The summed E-state index contributed by atoms with van der Waals surface area (Å²) in [5, 5.41) is 8.59. The predicted octanol–water partition coefficient (Wildman–Crippen LogP) is 2.37. The fraction of sp³-hybridized carbons (Fsp3) is 0.111. The van der Waals surface area contributed by atoms with E-state index < -0.39 is 0 Å². The Labute approximate surface area is 71.2 Å². The summed E-state index contributed by atoms with van der Waals surface area (Å²) in [4.78, 5) is 4.58. The first-order valence-corrected chi connectivity index (χ1v) is 3.56. The van der Waals surface area contributed by atoms with Crippen LogP contribution in [0.1, 0.15) is 5.56 Å². The molecule has 0 saturated heterocycles. The zero-order valence-corrected chi connectivity index (χ0v) is 6.87. The molecule has 0 aromatic heterocycles. The van der Waals surface area contributed by atoms with Gasteiger partial charge in [0, 0.05) is 0 Å². The molecule has 0 heterocycles. The van der Waals surface area contributed by atoms with Crippen LogP contribution < -0.4 is 5.48 Å². The minimum absolute atomic E-state index is 0.351. The average molecular weight is 165 g/mol. The number of aliphatic hydroxyl groups is 1. The van der Waals surface area contributed by atoms with E-state index >= 15 is 0 Å². The second-order valence-corrected chi connectivity index (χ2v) is 2.46. The number of anilines is 1. The molecule has 12 heavy (non-hydrogen) atoms. The van der Waals surface area contributed by atoms with Crippen LogP contribution in [0.15, 0.2) is 36.8 Å². The second-order valence-electron chi connectivity index (χ2n) is 2.46. The quantitative estimate of drug-likeness (QED) is 0.533. The van der Waals surface area contributed by atoms with Crippen molar-refractivity contribution < 1.29 is 9.94 Å². The van der Waals surface area contributed by atoms with Gasteiger partial charge in [0.2, 0.25) is 0 Å². The third-order valence-corrected chi connectivity index (χ3v) is 1.34. The van der Waals surface area contributed by atoms with Gasteiger partial charge >= 0.3 is 0 Å². The summed E-state index contributed by atoms with van der Waals surface area (Å²) in [5.74, 6) is -0.351. The first-order valence-electron chi connectivity index (χ1n) is 3.56. The Kier molecular flexibility index (Phi) is 2.58. The number of nitrogens with one attached hydrogen (secondary N) is 1. The maximum Gasteiger partial charge on any atom is 0.296 e. The average Bonchev–Trinajstić information content (AvgIpc) is 2.03. The summed E-state index contributed by atoms with van der Waals surface area (Å²) in [6, 6.07) is 7.56. The van der Waals surface area contributed by atoms with Crippen LogP contribution >= 0.6 is 0 Å². The molecule has 0 aliphatic heterocycles. The van der Waals surface area contributed by atoms with Crippen LogP contribution in [0.4, 0.5) is 5.69 Å². The summed E-state index contributed by atoms with van der Waals surface area (Å²) in [6.07, 6.45) is 0. The van der Waals surface area contributed by atoms with Crippen LogP contribution in [-0.4, -0.2) is 5.11 Å². The molecule has 0 fully saturated rings. The molecular weight excluding hydrogens is 154 g/mol. The van der Waals surface area contributed by atoms with Gasteiger partial charge in [-0.3, -0.25) is 0 Å². The van der Waals surface area contributed by atoms with E-state index in [0.29, 0.717) is 0 Å². The van der Waals surface area contributed by atoms with Crippen molar-refractivity contribution in [3.8, 4) is 0 Å². The molecular formula is C9H11NO2. The summed E-state index contributed by atoms with van der Waals surface area (Å²) in [6.45, 7) is 5.15. The van der Waals surface area contributed by atoms with E-state index in [1.54, 1.807) is 0 Å². The van der Waals surface area contributed by atoms with Crippen molar-refractivity contribution in [2.24, 2.45) is 0 Å². The van der Waals surface area contributed by atoms with Gasteiger partial charge in [0.25, 0.3) is 5.95 Å². The number of hydrogen-bond acceptors (Lipinski definition) is 3. The first-order chi connectivity index (χ1) is 5.68. The van der Waals surface area contributed by atoms with Crippen molar-refractivity contribution in [1.29, 1.82) is 0 Å². The Balaban J connectivity index is 2.53. The molecule has 0 bridgehead atoms. The van der Waals surface area contributed by atoms with Crippen molar-refractivity contribution in [3.63, 3.8) is 0 Å². The van der Waals surface area contributed by atoms with Crippen LogP contribution in [-0.2, 0) is 4.84 Å². The normalized spacial score (nSPS) is 9.08. The molecule has 3 heteroatoms. The highest BCUT2D eigenvalue weighted by atomic mass is 16.7. The van der Waals surface area contributed by atoms with Crippen LogP contribution in [0, 0.1) is 6.92 Å². The van der Waals surface area contributed by atoms with Gasteiger partial charge < -0.3 is 9.94 Å². The highest BCUT2D eigenvalue weighted by molar-refractivity contribution is 5.42. The molecule has 64 valence electrons. The first kappa shape index (κ1) is 8.46. The number of rotatable bonds is 3. The van der Waals surface area contributed by atoms with Crippen LogP contribution in [0.3, 0.4) is 0 Å². The maximum atomic E-state index is 8.59. The van der Waals surface area contributed by atoms with Crippen LogP contribution in [0.2, 0.25) is 0 Å². The number of aryl methyl sites for hydroxylation is 1. The van der Waals surface area contributed by atoms with E-state index in [1.807, 2.05) is 31.2 Å². The smallest absolute Gasteiger partial charge is 0.296 e. The van der Waals surface area contributed by atoms with Gasteiger partial charge in [-0.1, -0.05) is 17.7 Å². The van der Waals surface area contributed by atoms with Gasteiger partial charge in [-0.15, -0.1) is 0 Å². The third kappa shape index (κ3) is 2.54. The lowest BCUT2D eigenvalue weighted by Gasteiger charge is -2.05. The maximum absolute atomic E-state index is 8.59. The molecule has 2 N–H and O–H groups in total. The SMILES string of the molecule is C=C(O)ONc1ccc(C)cc1. The van der Waals surface area contributed by atoms with Crippen molar-refractivity contribution in [1.82, 2.24) is 0 Å². The van der Waals surface area contributed by atoms with E-state index in [2.05, 4.69) is 16.9 Å². The highest BCUT2D eigenvalue weighted by Crippen LogP contribution is 2.08. The molecule has 1 rings (SSSR count). The molecule has 0 spiro atoms.